The molecule has 0 saturated heterocycles. The molecule has 0 heterocycles. The van der Waals surface area contributed by atoms with Crippen LogP contribution in [0.1, 0.15) is 11.1 Å². The van der Waals surface area contributed by atoms with Crippen molar-refractivity contribution in [3.8, 4) is 5.75 Å². The van der Waals surface area contributed by atoms with Crippen molar-refractivity contribution in [1.29, 1.82) is 0 Å². The molecule has 0 radical (unpaired) electrons. The number of halogens is 5. The number of rotatable bonds is 4. The van der Waals surface area contributed by atoms with Crippen molar-refractivity contribution in [1.82, 2.24) is 0 Å². The molecular formula is C14H9BrCl2F2O. The molecule has 0 amide bonds. The van der Waals surface area contributed by atoms with Gasteiger partial charge in [-0.2, -0.15) is 0 Å². The maximum atomic E-state index is 13.6. The molecule has 106 valence electrons. The third-order valence-electron chi connectivity index (χ3n) is 2.64. The fourth-order valence-electron chi connectivity index (χ4n) is 1.65. The highest BCUT2D eigenvalue weighted by Crippen LogP contribution is 2.27. The lowest BCUT2D eigenvalue weighted by Gasteiger charge is -2.11. The summed E-state index contributed by atoms with van der Waals surface area (Å²) in [6.45, 7) is -0.226. The SMILES string of the molecule is Fc1cc(Cl)cc(F)c1COc1ccc(Cl)cc1CBr. The van der Waals surface area contributed by atoms with Crippen LogP contribution in [0.2, 0.25) is 10.0 Å². The monoisotopic (exact) mass is 380 g/mol. The van der Waals surface area contributed by atoms with Gasteiger partial charge >= 0.3 is 0 Å². The molecular weight excluding hydrogens is 373 g/mol. The van der Waals surface area contributed by atoms with Gasteiger partial charge in [0.15, 0.2) is 0 Å². The van der Waals surface area contributed by atoms with Gasteiger partial charge in [-0.1, -0.05) is 39.1 Å². The highest BCUT2D eigenvalue weighted by atomic mass is 79.9. The van der Waals surface area contributed by atoms with Crippen molar-refractivity contribution in [2.24, 2.45) is 0 Å². The van der Waals surface area contributed by atoms with Crippen molar-refractivity contribution in [3.05, 3.63) is 63.1 Å². The Morgan fingerprint density at radius 1 is 1.00 bits per heavy atom. The van der Waals surface area contributed by atoms with E-state index in [1.165, 1.54) is 0 Å². The van der Waals surface area contributed by atoms with Crippen LogP contribution in [0.4, 0.5) is 8.78 Å². The molecule has 0 spiro atoms. The summed E-state index contributed by atoms with van der Waals surface area (Å²) in [4.78, 5) is 0. The Hall–Kier alpha value is -0.840. The fourth-order valence-corrected chi connectivity index (χ4v) is 2.48. The van der Waals surface area contributed by atoms with E-state index in [1.807, 2.05) is 0 Å². The standard InChI is InChI=1S/C14H9BrCl2F2O/c15-6-8-3-9(16)1-2-14(8)20-7-11-12(18)4-10(17)5-13(11)19/h1-5H,6-7H2. The molecule has 0 N–H and O–H groups in total. The maximum Gasteiger partial charge on any atom is 0.134 e. The number of hydrogen-bond acceptors (Lipinski definition) is 1. The molecule has 0 aromatic heterocycles. The summed E-state index contributed by atoms with van der Waals surface area (Å²) in [5.74, 6) is -0.950. The molecule has 0 aliphatic carbocycles. The van der Waals surface area contributed by atoms with Crippen molar-refractivity contribution >= 4 is 39.1 Å². The predicted molar refractivity (Wildman–Crippen MR) is 79.8 cm³/mol. The van der Waals surface area contributed by atoms with Crippen LogP contribution in [-0.2, 0) is 11.9 Å². The average molecular weight is 382 g/mol. The summed E-state index contributed by atoms with van der Waals surface area (Å²) >= 11 is 14.7. The first-order valence-corrected chi connectivity index (χ1v) is 7.49. The maximum absolute atomic E-state index is 13.6. The Balaban J connectivity index is 2.21. The third kappa shape index (κ3) is 3.62. The quantitative estimate of drug-likeness (QED) is 0.613. The van der Waals surface area contributed by atoms with Gasteiger partial charge in [-0.05, 0) is 30.3 Å². The normalized spacial score (nSPS) is 10.7. The molecule has 2 rings (SSSR count). The molecule has 1 nitrogen and oxygen atoms in total. The van der Waals surface area contributed by atoms with Gasteiger partial charge in [0.25, 0.3) is 0 Å². The molecule has 0 bridgehead atoms. The van der Waals surface area contributed by atoms with Crippen LogP contribution in [0.5, 0.6) is 5.75 Å². The fraction of sp³-hybridized carbons (Fsp3) is 0.143. The lowest BCUT2D eigenvalue weighted by Crippen LogP contribution is -2.03. The summed E-state index contributed by atoms with van der Waals surface area (Å²) in [5, 5.41) is 1.10. The molecule has 0 atom stereocenters. The third-order valence-corrected chi connectivity index (χ3v) is 3.70. The second-order valence-electron chi connectivity index (χ2n) is 4.02. The van der Waals surface area contributed by atoms with Crippen LogP contribution in [0.3, 0.4) is 0 Å². The van der Waals surface area contributed by atoms with Gasteiger partial charge in [0.05, 0.1) is 5.56 Å². The zero-order valence-electron chi connectivity index (χ0n) is 10.1. The van der Waals surface area contributed by atoms with E-state index in [1.54, 1.807) is 18.2 Å². The Kier molecular flexibility index (Phi) is 5.24. The lowest BCUT2D eigenvalue weighted by atomic mass is 10.2. The predicted octanol–water partition coefficient (Wildman–Crippen LogP) is 5.75. The minimum absolute atomic E-state index is 0.0105. The minimum Gasteiger partial charge on any atom is -0.488 e. The number of benzene rings is 2. The van der Waals surface area contributed by atoms with Gasteiger partial charge in [0.2, 0.25) is 0 Å². The molecule has 0 fully saturated rings. The highest BCUT2D eigenvalue weighted by molar-refractivity contribution is 9.08. The Morgan fingerprint density at radius 2 is 1.65 bits per heavy atom. The molecule has 2 aromatic rings. The van der Waals surface area contributed by atoms with E-state index in [0.29, 0.717) is 16.1 Å². The first-order chi connectivity index (χ1) is 9.51. The smallest absolute Gasteiger partial charge is 0.134 e. The Morgan fingerprint density at radius 3 is 2.25 bits per heavy atom. The number of ether oxygens (including phenoxy) is 1. The van der Waals surface area contributed by atoms with E-state index in [9.17, 15) is 8.78 Å². The molecule has 0 aliphatic heterocycles. The van der Waals surface area contributed by atoms with E-state index < -0.39 is 11.6 Å². The molecule has 0 saturated carbocycles. The summed E-state index contributed by atoms with van der Waals surface area (Å²) in [6, 6.07) is 7.13. The molecule has 2 aromatic carbocycles. The van der Waals surface area contributed by atoms with Crippen molar-refractivity contribution in [2.75, 3.05) is 0 Å². The number of alkyl halides is 1. The first kappa shape index (κ1) is 15.5. The van der Waals surface area contributed by atoms with Crippen molar-refractivity contribution in [2.45, 2.75) is 11.9 Å². The topological polar surface area (TPSA) is 9.23 Å². The summed E-state index contributed by atoms with van der Waals surface area (Å²) < 4.78 is 32.7. The van der Waals surface area contributed by atoms with Gasteiger partial charge in [-0.25, -0.2) is 8.78 Å². The van der Waals surface area contributed by atoms with Crippen LogP contribution >= 0.6 is 39.1 Å². The van der Waals surface area contributed by atoms with Crippen LogP contribution in [0.25, 0.3) is 0 Å². The Bertz CT molecular complexity index is 612. The van der Waals surface area contributed by atoms with E-state index >= 15 is 0 Å². The van der Waals surface area contributed by atoms with Crippen LogP contribution in [0.15, 0.2) is 30.3 Å². The van der Waals surface area contributed by atoms with Gasteiger partial charge in [-0.3, -0.25) is 0 Å². The molecule has 0 aliphatic rings. The number of hydrogen-bond donors (Lipinski definition) is 0. The largest absolute Gasteiger partial charge is 0.488 e. The highest BCUT2D eigenvalue weighted by Gasteiger charge is 2.12. The van der Waals surface area contributed by atoms with E-state index in [-0.39, 0.29) is 17.2 Å². The van der Waals surface area contributed by atoms with Crippen LogP contribution in [-0.4, -0.2) is 0 Å². The Labute approximate surface area is 133 Å². The van der Waals surface area contributed by atoms with Crippen LogP contribution in [0, 0.1) is 11.6 Å². The summed E-state index contributed by atoms with van der Waals surface area (Å²) in [6.07, 6.45) is 0. The van der Waals surface area contributed by atoms with Gasteiger partial charge in [0, 0.05) is 20.9 Å². The molecule has 20 heavy (non-hydrogen) atoms. The van der Waals surface area contributed by atoms with Crippen molar-refractivity contribution < 1.29 is 13.5 Å². The van der Waals surface area contributed by atoms with Gasteiger partial charge in [0.1, 0.15) is 24.0 Å². The van der Waals surface area contributed by atoms with Gasteiger partial charge < -0.3 is 4.74 Å². The van der Waals surface area contributed by atoms with Gasteiger partial charge in [-0.15, -0.1) is 0 Å². The molecule has 6 heteroatoms. The van der Waals surface area contributed by atoms with E-state index in [0.717, 1.165) is 17.7 Å². The zero-order valence-corrected chi connectivity index (χ0v) is 13.2. The van der Waals surface area contributed by atoms with Crippen LogP contribution < -0.4 is 4.74 Å². The minimum atomic E-state index is -0.732. The lowest BCUT2D eigenvalue weighted by molar-refractivity contribution is 0.290. The average Bonchev–Trinajstić information content (AvgIpc) is 2.38. The molecule has 0 unspecified atom stereocenters. The summed E-state index contributed by atoms with van der Waals surface area (Å²) in [5.41, 5.74) is 0.636. The summed E-state index contributed by atoms with van der Waals surface area (Å²) in [7, 11) is 0. The first-order valence-electron chi connectivity index (χ1n) is 5.62. The second-order valence-corrected chi connectivity index (χ2v) is 5.46. The van der Waals surface area contributed by atoms with Crippen molar-refractivity contribution in [3.63, 3.8) is 0 Å². The van der Waals surface area contributed by atoms with E-state index in [2.05, 4.69) is 15.9 Å². The zero-order chi connectivity index (χ0) is 14.7. The van der Waals surface area contributed by atoms with E-state index in [4.69, 9.17) is 27.9 Å². The second kappa shape index (κ2) is 6.74.